The van der Waals surface area contributed by atoms with Crippen molar-refractivity contribution in [1.82, 2.24) is 5.01 Å². The van der Waals surface area contributed by atoms with Crippen LogP contribution in [0.1, 0.15) is 25.8 Å². The van der Waals surface area contributed by atoms with E-state index in [2.05, 4.69) is 10.1 Å². The van der Waals surface area contributed by atoms with Gasteiger partial charge in [-0.05, 0) is 61.0 Å². The van der Waals surface area contributed by atoms with E-state index in [4.69, 9.17) is 24.4 Å². The molecule has 0 fully saturated rings. The average Bonchev–Trinajstić information content (AvgIpc) is 3.29. The number of amidine groups is 2. The molecule has 1 N–H and O–H groups in total. The van der Waals surface area contributed by atoms with Crippen molar-refractivity contribution in [1.29, 1.82) is 5.41 Å². The highest BCUT2D eigenvalue weighted by atomic mass is 32.2. The maximum atomic E-state index is 12.6. The summed E-state index contributed by atoms with van der Waals surface area (Å²) in [6.45, 7) is 4.90. The number of nitrogens with one attached hydrogen (secondary N) is 1. The number of amides is 1. The van der Waals surface area contributed by atoms with E-state index in [0.29, 0.717) is 60.0 Å². The maximum Gasteiger partial charge on any atom is 0.283 e. The van der Waals surface area contributed by atoms with Crippen LogP contribution in [-0.4, -0.2) is 53.9 Å². The molecule has 0 saturated heterocycles. The number of nitrogens with zero attached hydrogens (tertiary/aromatic N) is 3. The zero-order chi connectivity index (χ0) is 24.8. The first-order valence-electron chi connectivity index (χ1n) is 11.2. The highest BCUT2D eigenvalue weighted by molar-refractivity contribution is 8.26. The Morgan fingerprint density at radius 3 is 2.40 bits per heavy atom. The molecule has 0 unspecified atom stereocenters. The van der Waals surface area contributed by atoms with Gasteiger partial charge in [0.2, 0.25) is 5.17 Å². The third kappa shape index (κ3) is 5.48. The van der Waals surface area contributed by atoms with E-state index in [1.54, 1.807) is 31.4 Å². The van der Waals surface area contributed by atoms with Crippen molar-refractivity contribution < 1.29 is 23.7 Å². The number of hydrazone groups is 1. The molecular formula is C25H26N4O5S. The first-order chi connectivity index (χ1) is 17.0. The largest absolute Gasteiger partial charge is 0.493 e. The zero-order valence-electron chi connectivity index (χ0n) is 19.7. The predicted molar refractivity (Wildman–Crippen MR) is 137 cm³/mol. The molecular weight excluding hydrogens is 468 g/mol. The van der Waals surface area contributed by atoms with Gasteiger partial charge in [-0.2, -0.15) is 15.1 Å². The molecule has 9 nitrogen and oxygen atoms in total. The molecule has 0 radical (unpaired) electrons. The number of rotatable bonds is 10. The van der Waals surface area contributed by atoms with Crippen LogP contribution in [0.3, 0.4) is 0 Å². The minimum Gasteiger partial charge on any atom is -0.493 e. The van der Waals surface area contributed by atoms with E-state index >= 15 is 0 Å². The number of hydrogen-bond donors (Lipinski definition) is 1. The van der Waals surface area contributed by atoms with Gasteiger partial charge >= 0.3 is 0 Å². The minimum absolute atomic E-state index is 0.00252. The van der Waals surface area contributed by atoms with Crippen LogP contribution in [0.4, 0.5) is 0 Å². The van der Waals surface area contributed by atoms with Crippen LogP contribution in [0.15, 0.2) is 58.1 Å². The van der Waals surface area contributed by atoms with E-state index in [1.165, 1.54) is 16.8 Å². The Morgan fingerprint density at radius 2 is 1.71 bits per heavy atom. The fourth-order valence-electron chi connectivity index (χ4n) is 3.38. The summed E-state index contributed by atoms with van der Waals surface area (Å²) in [5.41, 5.74) is 0.848. The van der Waals surface area contributed by atoms with E-state index < -0.39 is 5.91 Å². The number of methoxy groups -OCH3 is 1. The van der Waals surface area contributed by atoms with Crippen molar-refractivity contribution in [3.8, 4) is 23.0 Å². The predicted octanol–water partition coefficient (Wildman–Crippen LogP) is 4.58. The summed E-state index contributed by atoms with van der Waals surface area (Å²) < 4.78 is 22.7. The molecule has 10 heteroatoms. The van der Waals surface area contributed by atoms with Gasteiger partial charge in [-0.3, -0.25) is 10.2 Å². The van der Waals surface area contributed by atoms with Crippen molar-refractivity contribution >= 4 is 39.8 Å². The second-order valence-corrected chi connectivity index (χ2v) is 8.39. The number of ether oxygens (including phenoxy) is 4. The second-order valence-electron chi connectivity index (χ2n) is 7.35. The first kappa shape index (κ1) is 24.3. The fraction of sp³-hybridized carbons (Fsp3) is 0.280. The second kappa shape index (κ2) is 11.1. The van der Waals surface area contributed by atoms with Gasteiger partial charge in [0.15, 0.2) is 28.8 Å². The van der Waals surface area contributed by atoms with Crippen molar-refractivity contribution in [2.75, 3.05) is 26.9 Å². The Bertz CT molecular complexity index is 1220. The van der Waals surface area contributed by atoms with E-state index in [9.17, 15) is 4.79 Å². The SMILES string of the molecule is CCOc1cc(C=C2C(=N)N3N=C(CC)SC3=NC2=O)ccc1OCCOc1ccccc1OC. The lowest BCUT2D eigenvalue weighted by molar-refractivity contribution is -0.114. The van der Waals surface area contributed by atoms with Gasteiger partial charge in [0.25, 0.3) is 5.91 Å². The van der Waals surface area contributed by atoms with Crippen LogP contribution in [-0.2, 0) is 4.79 Å². The number of thioether (sulfide) groups is 1. The van der Waals surface area contributed by atoms with Gasteiger partial charge in [-0.1, -0.05) is 25.1 Å². The van der Waals surface area contributed by atoms with Crippen LogP contribution < -0.4 is 18.9 Å². The van der Waals surface area contributed by atoms with E-state index in [1.807, 2.05) is 38.1 Å². The normalized spacial score (nSPS) is 16.1. The standard InChI is InChI=1S/C25H26N4O5S/c1-4-22-28-29-23(26)17(24(30)27-25(29)35-22)14-16-10-11-20(21(15-16)32-5-2)34-13-12-33-19-9-7-6-8-18(19)31-3/h6-11,14-15,26H,4-5,12-13H2,1-3H3. The topological polar surface area (TPSA) is 106 Å². The molecule has 0 aromatic heterocycles. The lowest BCUT2D eigenvalue weighted by Gasteiger charge is -2.20. The minimum atomic E-state index is -0.465. The number of para-hydroxylation sites is 2. The Morgan fingerprint density at radius 1 is 1.00 bits per heavy atom. The Labute approximate surface area is 207 Å². The number of hydrogen-bond acceptors (Lipinski definition) is 8. The Balaban J connectivity index is 1.46. The number of carbonyl (C=O) groups is 1. The van der Waals surface area contributed by atoms with Crippen LogP contribution in [0.2, 0.25) is 0 Å². The highest BCUT2D eigenvalue weighted by Gasteiger charge is 2.35. The van der Waals surface area contributed by atoms with Gasteiger partial charge in [0, 0.05) is 0 Å². The monoisotopic (exact) mass is 494 g/mol. The molecule has 2 aromatic rings. The van der Waals surface area contributed by atoms with Gasteiger partial charge < -0.3 is 18.9 Å². The molecule has 0 bridgehead atoms. The van der Waals surface area contributed by atoms with Gasteiger partial charge in [-0.25, -0.2) is 0 Å². The number of fused-ring (bicyclic) bond motifs is 1. The zero-order valence-corrected chi connectivity index (χ0v) is 20.6. The van der Waals surface area contributed by atoms with Crippen molar-refractivity contribution in [3.63, 3.8) is 0 Å². The summed E-state index contributed by atoms with van der Waals surface area (Å²) in [6.07, 6.45) is 2.33. The first-order valence-corrected chi connectivity index (χ1v) is 12.0. The van der Waals surface area contributed by atoms with Crippen LogP contribution in [0.5, 0.6) is 23.0 Å². The summed E-state index contributed by atoms with van der Waals surface area (Å²) in [7, 11) is 1.59. The van der Waals surface area contributed by atoms with Gasteiger partial charge in [0.05, 0.1) is 19.3 Å². The molecule has 2 aliphatic rings. The molecule has 35 heavy (non-hydrogen) atoms. The van der Waals surface area contributed by atoms with E-state index in [-0.39, 0.29) is 11.4 Å². The maximum absolute atomic E-state index is 12.6. The molecule has 2 aliphatic heterocycles. The third-order valence-electron chi connectivity index (χ3n) is 5.04. The fourth-order valence-corrected chi connectivity index (χ4v) is 4.21. The molecule has 2 heterocycles. The Kier molecular flexibility index (Phi) is 7.71. The van der Waals surface area contributed by atoms with Crippen LogP contribution >= 0.6 is 11.8 Å². The molecule has 2 aromatic carbocycles. The molecule has 0 spiro atoms. The lowest BCUT2D eigenvalue weighted by Crippen LogP contribution is -2.35. The smallest absolute Gasteiger partial charge is 0.283 e. The van der Waals surface area contributed by atoms with Crippen LogP contribution in [0.25, 0.3) is 6.08 Å². The summed E-state index contributed by atoms with van der Waals surface area (Å²) in [6, 6.07) is 12.7. The van der Waals surface area contributed by atoms with Crippen molar-refractivity contribution in [2.24, 2.45) is 10.1 Å². The van der Waals surface area contributed by atoms with Crippen molar-refractivity contribution in [3.05, 3.63) is 53.6 Å². The van der Waals surface area contributed by atoms with Gasteiger partial charge in [-0.15, -0.1) is 0 Å². The molecule has 0 saturated carbocycles. The summed E-state index contributed by atoms with van der Waals surface area (Å²) >= 11 is 1.31. The molecule has 4 rings (SSSR count). The van der Waals surface area contributed by atoms with Crippen molar-refractivity contribution in [2.45, 2.75) is 20.3 Å². The molecule has 0 atom stereocenters. The summed E-state index contributed by atoms with van der Waals surface area (Å²) in [5.74, 6) is 1.92. The van der Waals surface area contributed by atoms with Crippen LogP contribution in [0, 0.1) is 5.41 Å². The van der Waals surface area contributed by atoms with E-state index in [0.717, 1.165) is 5.04 Å². The number of carbonyl (C=O) groups excluding carboxylic acids is 1. The average molecular weight is 495 g/mol. The summed E-state index contributed by atoms with van der Waals surface area (Å²) in [4.78, 5) is 16.7. The number of aliphatic imine (C=N–C) groups is 1. The third-order valence-corrected chi connectivity index (χ3v) is 6.10. The van der Waals surface area contributed by atoms with Gasteiger partial charge in [0.1, 0.15) is 18.3 Å². The lowest BCUT2D eigenvalue weighted by atomic mass is 10.1. The molecule has 182 valence electrons. The molecule has 1 amide bonds. The highest BCUT2D eigenvalue weighted by Crippen LogP contribution is 2.32. The molecule has 0 aliphatic carbocycles. The number of benzene rings is 2. The summed E-state index contributed by atoms with van der Waals surface area (Å²) in [5, 5.41) is 15.5. The quantitative estimate of drug-likeness (QED) is 0.381. The Hall–Kier alpha value is -3.79.